The largest absolute Gasteiger partial charge is 0.382 e. The third-order valence-corrected chi connectivity index (χ3v) is 3.59. The van der Waals surface area contributed by atoms with Crippen molar-refractivity contribution in [3.63, 3.8) is 0 Å². The van der Waals surface area contributed by atoms with Crippen LogP contribution in [0.4, 0.5) is 0 Å². The van der Waals surface area contributed by atoms with E-state index in [4.69, 9.17) is 4.74 Å². The van der Waals surface area contributed by atoms with Crippen molar-refractivity contribution in [1.82, 2.24) is 10.3 Å². The Morgan fingerprint density at radius 1 is 1.56 bits per heavy atom. The first-order valence-electron chi connectivity index (χ1n) is 5.82. The van der Waals surface area contributed by atoms with Crippen molar-refractivity contribution < 1.29 is 4.74 Å². The van der Waals surface area contributed by atoms with E-state index in [1.807, 2.05) is 6.92 Å². The summed E-state index contributed by atoms with van der Waals surface area (Å²) in [7, 11) is 1.77. The quantitative estimate of drug-likeness (QED) is 0.797. The fourth-order valence-electron chi connectivity index (χ4n) is 1.73. The summed E-state index contributed by atoms with van der Waals surface area (Å²) in [6.07, 6.45) is 2.33. The number of aromatic nitrogens is 1. The zero-order chi connectivity index (χ0) is 12.0. The summed E-state index contributed by atoms with van der Waals surface area (Å²) < 4.78 is 5.31. The molecule has 3 nitrogen and oxygen atoms in total. The molecule has 1 aromatic heterocycles. The number of hydrogen-bond donors (Lipinski definition) is 1. The lowest BCUT2D eigenvalue weighted by molar-refractivity contribution is 0.101. The van der Waals surface area contributed by atoms with Gasteiger partial charge in [0.15, 0.2) is 0 Å². The Labute approximate surface area is 102 Å². The highest BCUT2D eigenvalue weighted by molar-refractivity contribution is 7.09. The van der Waals surface area contributed by atoms with E-state index < -0.39 is 0 Å². The second kappa shape index (κ2) is 6.99. The van der Waals surface area contributed by atoms with Crippen molar-refractivity contribution in [2.45, 2.75) is 45.8 Å². The predicted molar refractivity (Wildman–Crippen MR) is 69.1 cm³/mol. The topological polar surface area (TPSA) is 34.2 Å². The number of rotatable bonds is 7. The summed E-state index contributed by atoms with van der Waals surface area (Å²) in [5, 5.41) is 6.82. The summed E-state index contributed by atoms with van der Waals surface area (Å²) in [6, 6.07) is 0.463. The van der Waals surface area contributed by atoms with Gasteiger partial charge < -0.3 is 10.1 Å². The van der Waals surface area contributed by atoms with Crippen LogP contribution in [0.1, 0.15) is 31.0 Å². The molecule has 1 N–H and O–H groups in total. The van der Waals surface area contributed by atoms with E-state index in [1.165, 1.54) is 5.01 Å². The summed E-state index contributed by atoms with van der Waals surface area (Å²) in [5.41, 5.74) is 1.12. The van der Waals surface area contributed by atoms with E-state index >= 15 is 0 Å². The van der Waals surface area contributed by atoms with Gasteiger partial charge in [0.2, 0.25) is 0 Å². The van der Waals surface area contributed by atoms with Crippen molar-refractivity contribution in [3.8, 4) is 0 Å². The molecule has 16 heavy (non-hydrogen) atoms. The molecule has 0 aliphatic carbocycles. The summed E-state index contributed by atoms with van der Waals surface area (Å²) in [4.78, 5) is 4.50. The highest BCUT2D eigenvalue weighted by atomic mass is 32.1. The van der Waals surface area contributed by atoms with Crippen LogP contribution in [-0.2, 0) is 11.2 Å². The number of aryl methyl sites for hydroxylation is 1. The lowest BCUT2D eigenvalue weighted by atomic mass is 10.1. The number of ether oxygens (including phenoxy) is 1. The Balaban J connectivity index is 2.50. The van der Waals surface area contributed by atoms with E-state index in [9.17, 15) is 0 Å². The van der Waals surface area contributed by atoms with Gasteiger partial charge in [0.05, 0.1) is 11.1 Å². The monoisotopic (exact) mass is 242 g/mol. The number of hydrogen-bond acceptors (Lipinski definition) is 4. The first-order valence-corrected chi connectivity index (χ1v) is 6.70. The molecule has 0 radical (unpaired) electrons. The summed E-state index contributed by atoms with van der Waals surface area (Å²) >= 11 is 1.75. The van der Waals surface area contributed by atoms with Crippen molar-refractivity contribution in [2.24, 2.45) is 0 Å². The smallest absolute Gasteiger partial charge is 0.0943 e. The molecule has 0 spiro atoms. The molecular weight excluding hydrogens is 220 g/mol. The van der Waals surface area contributed by atoms with Crippen molar-refractivity contribution in [3.05, 3.63) is 16.1 Å². The maximum atomic E-state index is 5.31. The van der Waals surface area contributed by atoms with Crippen LogP contribution < -0.4 is 5.32 Å². The maximum Gasteiger partial charge on any atom is 0.0943 e. The number of nitrogens with one attached hydrogen (secondary N) is 1. The molecule has 0 saturated carbocycles. The van der Waals surface area contributed by atoms with Crippen molar-refractivity contribution >= 4 is 11.3 Å². The molecule has 2 atom stereocenters. The van der Waals surface area contributed by atoms with Gasteiger partial charge in [0.25, 0.3) is 0 Å². The van der Waals surface area contributed by atoms with Crippen LogP contribution >= 0.6 is 11.3 Å². The van der Waals surface area contributed by atoms with Crippen LogP contribution in [0.15, 0.2) is 5.38 Å². The number of methoxy groups -OCH3 is 1. The zero-order valence-electron chi connectivity index (χ0n) is 10.6. The van der Waals surface area contributed by atoms with Crippen LogP contribution in [0.25, 0.3) is 0 Å². The van der Waals surface area contributed by atoms with Crippen LogP contribution in [-0.4, -0.2) is 30.8 Å². The lowest BCUT2D eigenvalue weighted by Gasteiger charge is -2.20. The van der Waals surface area contributed by atoms with Crippen LogP contribution in [0.5, 0.6) is 0 Å². The SMILES string of the molecule is CCNC(Cc1nc(C)cs1)CC(C)OC. The fraction of sp³-hybridized carbons (Fsp3) is 0.750. The van der Waals surface area contributed by atoms with E-state index in [0.717, 1.165) is 25.1 Å². The first-order chi connectivity index (χ1) is 7.65. The lowest BCUT2D eigenvalue weighted by Crippen LogP contribution is -2.34. The van der Waals surface area contributed by atoms with Crippen LogP contribution in [0.2, 0.25) is 0 Å². The molecular formula is C12H22N2OS. The standard InChI is InChI=1S/C12H22N2OS/c1-5-13-11(6-10(3)15-4)7-12-14-9(2)8-16-12/h8,10-11,13H,5-7H2,1-4H3. The van der Waals surface area contributed by atoms with Crippen LogP contribution in [0.3, 0.4) is 0 Å². The van der Waals surface area contributed by atoms with Gasteiger partial charge in [-0.2, -0.15) is 0 Å². The fourth-order valence-corrected chi connectivity index (χ4v) is 2.59. The van der Waals surface area contributed by atoms with Gasteiger partial charge in [-0.15, -0.1) is 11.3 Å². The molecule has 92 valence electrons. The Bertz CT molecular complexity index is 301. The summed E-state index contributed by atoms with van der Waals surface area (Å²) in [5.74, 6) is 0. The molecule has 0 aliphatic rings. The number of thiazole rings is 1. The van der Waals surface area contributed by atoms with E-state index in [1.54, 1.807) is 18.4 Å². The molecule has 1 aromatic rings. The highest BCUT2D eigenvalue weighted by Crippen LogP contribution is 2.13. The predicted octanol–water partition coefficient (Wildman–Crippen LogP) is 2.40. The van der Waals surface area contributed by atoms with Crippen molar-refractivity contribution in [1.29, 1.82) is 0 Å². The van der Waals surface area contributed by atoms with Gasteiger partial charge >= 0.3 is 0 Å². The molecule has 1 rings (SSSR count). The minimum absolute atomic E-state index is 0.296. The second-order valence-corrected chi connectivity index (χ2v) is 5.07. The Kier molecular flexibility index (Phi) is 5.95. The normalized spacial score (nSPS) is 15.0. The molecule has 1 heterocycles. The van der Waals surface area contributed by atoms with Crippen LogP contribution in [0, 0.1) is 6.92 Å². The molecule has 0 saturated heterocycles. The molecule has 4 heteroatoms. The Morgan fingerprint density at radius 3 is 2.81 bits per heavy atom. The molecule has 0 amide bonds. The highest BCUT2D eigenvalue weighted by Gasteiger charge is 2.14. The van der Waals surface area contributed by atoms with Gasteiger partial charge in [-0.25, -0.2) is 4.98 Å². The van der Waals surface area contributed by atoms with Gasteiger partial charge in [-0.05, 0) is 26.8 Å². The minimum atomic E-state index is 0.296. The summed E-state index contributed by atoms with van der Waals surface area (Å²) in [6.45, 7) is 7.28. The second-order valence-electron chi connectivity index (χ2n) is 4.12. The third kappa shape index (κ3) is 4.60. The Hall–Kier alpha value is -0.450. The van der Waals surface area contributed by atoms with E-state index in [2.05, 4.69) is 29.5 Å². The third-order valence-electron chi connectivity index (χ3n) is 2.60. The minimum Gasteiger partial charge on any atom is -0.382 e. The maximum absolute atomic E-state index is 5.31. The zero-order valence-corrected chi connectivity index (χ0v) is 11.4. The number of nitrogens with zero attached hydrogens (tertiary/aromatic N) is 1. The van der Waals surface area contributed by atoms with E-state index in [-0.39, 0.29) is 0 Å². The molecule has 0 aromatic carbocycles. The number of likely N-dealkylation sites (N-methyl/N-ethyl adjacent to an activating group) is 1. The van der Waals surface area contributed by atoms with E-state index in [0.29, 0.717) is 12.1 Å². The van der Waals surface area contributed by atoms with Gasteiger partial charge in [-0.3, -0.25) is 0 Å². The molecule has 0 bridgehead atoms. The average molecular weight is 242 g/mol. The molecule has 2 unspecified atom stereocenters. The van der Waals surface area contributed by atoms with Gasteiger partial charge in [0.1, 0.15) is 0 Å². The average Bonchev–Trinajstić information content (AvgIpc) is 2.64. The molecule has 0 fully saturated rings. The van der Waals surface area contributed by atoms with Gasteiger partial charge in [0, 0.05) is 30.6 Å². The van der Waals surface area contributed by atoms with Gasteiger partial charge in [-0.1, -0.05) is 6.92 Å². The first kappa shape index (κ1) is 13.6. The van der Waals surface area contributed by atoms with Crippen molar-refractivity contribution in [2.75, 3.05) is 13.7 Å². The Morgan fingerprint density at radius 2 is 2.31 bits per heavy atom. The molecule has 0 aliphatic heterocycles.